The Balaban J connectivity index is 2.59. The van der Waals surface area contributed by atoms with Crippen molar-refractivity contribution in [3.05, 3.63) is 0 Å². The SMILES string of the molecule is CCCCC(=O)N1CSCC1C(=O)NC(C)(C)C. The first-order valence-corrected chi connectivity index (χ1v) is 7.70. The number of rotatable bonds is 4. The van der Waals surface area contributed by atoms with E-state index in [4.69, 9.17) is 0 Å². The Bertz CT molecular complexity index is 313. The van der Waals surface area contributed by atoms with Gasteiger partial charge in [0.15, 0.2) is 0 Å². The predicted octanol–water partition coefficient (Wildman–Crippen LogP) is 1.99. The number of carbonyl (C=O) groups excluding carboxylic acids is 2. The summed E-state index contributed by atoms with van der Waals surface area (Å²) in [7, 11) is 0. The third kappa shape index (κ3) is 4.52. The highest BCUT2D eigenvalue weighted by Gasteiger charge is 2.35. The highest BCUT2D eigenvalue weighted by molar-refractivity contribution is 7.99. The molecule has 2 amide bonds. The van der Waals surface area contributed by atoms with Gasteiger partial charge in [-0.1, -0.05) is 13.3 Å². The smallest absolute Gasteiger partial charge is 0.244 e. The second kappa shape index (κ2) is 6.45. The van der Waals surface area contributed by atoms with Crippen molar-refractivity contribution in [2.75, 3.05) is 11.6 Å². The van der Waals surface area contributed by atoms with Crippen molar-refractivity contribution >= 4 is 23.6 Å². The van der Waals surface area contributed by atoms with Gasteiger partial charge in [0.2, 0.25) is 11.8 Å². The van der Waals surface area contributed by atoms with Gasteiger partial charge in [0.05, 0.1) is 5.88 Å². The van der Waals surface area contributed by atoms with Crippen LogP contribution in [-0.4, -0.2) is 39.9 Å². The number of hydrogen-bond donors (Lipinski definition) is 1. The van der Waals surface area contributed by atoms with Gasteiger partial charge in [-0.3, -0.25) is 9.59 Å². The van der Waals surface area contributed by atoms with Gasteiger partial charge in [-0.05, 0) is 27.2 Å². The van der Waals surface area contributed by atoms with Crippen molar-refractivity contribution in [1.82, 2.24) is 10.2 Å². The van der Waals surface area contributed by atoms with Crippen LogP contribution >= 0.6 is 11.8 Å². The van der Waals surface area contributed by atoms with Crippen molar-refractivity contribution in [2.45, 2.75) is 58.5 Å². The highest BCUT2D eigenvalue weighted by Crippen LogP contribution is 2.23. The third-order valence-corrected chi connectivity index (χ3v) is 3.76. The Morgan fingerprint density at radius 3 is 2.61 bits per heavy atom. The molecule has 1 unspecified atom stereocenters. The summed E-state index contributed by atoms with van der Waals surface area (Å²) in [6.45, 7) is 7.93. The van der Waals surface area contributed by atoms with E-state index in [2.05, 4.69) is 12.2 Å². The summed E-state index contributed by atoms with van der Waals surface area (Å²) >= 11 is 1.65. The molecule has 1 rings (SSSR count). The van der Waals surface area contributed by atoms with Crippen LogP contribution in [0.15, 0.2) is 0 Å². The number of thioether (sulfide) groups is 1. The minimum absolute atomic E-state index is 0.0302. The zero-order valence-corrected chi connectivity index (χ0v) is 12.6. The molecule has 0 aliphatic carbocycles. The van der Waals surface area contributed by atoms with Crippen molar-refractivity contribution in [1.29, 1.82) is 0 Å². The monoisotopic (exact) mass is 272 g/mol. The van der Waals surface area contributed by atoms with Gasteiger partial charge in [0, 0.05) is 17.7 Å². The van der Waals surface area contributed by atoms with E-state index in [1.807, 2.05) is 20.8 Å². The molecule has 0 radical (unpaired) electrons. The summed E-state index contributed by atoms with van der Waals surface area (Å²) < 4.78 is 0. The standard InChI is InChI=1S/C13H24N2O2S/c1-5-6-7-11(16)15-9-18-8-10(15)12(17)14-13(2,3)4/h10H,5-9H2,1-4H3,(H,14,17). The molecular formula is C13H24N2O2S. The van der Waals surface area contributed by atoms with Gasteiger partial charge < -0.3 is 10.2 Å². The van der Waals surface area contributed by atoms with Crippen LogP contribution in [0.2, 0.25) is 0 Å². The van der Waals surface area contributed by atoms with E-state index >= 15 is 0 Å². The Hall–Kier alpha value is -0.710. The Morgan fingerprint density at radius 1 is 1.39 bits per heavy atom. The molecule has 0 aromatic rings. The molecular weight excluding hydrogens is 248 g/mol. The lowest BCUT2D eigenvalue weighted by Crippen LogP contribution is -2.52. The summed E-state index contributed by atoms with van der Waals surface area (Å²) in [6, 6.07) is -0.293. The van der Waals surface area contributed by atoms with Crippen molar-refractivity contribution in [3.63, 3.8) is 0 Å². The molecule has 1 N–H and O–H groups in total. The average Bonchev–Trinajstić information content (AvgIpc) is 2.72. The molecule has 0 spiro atoms. The number of hydrogen-bond acceptors (Lipinski definition) is 3. The Kier molecular flexibility index (Phi) is 5.50. The van der Waals surface area contributed by atoms with E-state index < -0.39 is 0 Å². The van der Waals surface area contributed by atoms with Gasteiger partial charge in [-0.25, -0.2) is 0 Å². The van der Waals surface area contributed by atoms with Crippen LogP contribution in [0.3, 0.4) is 0 Å². The Labute approximate surface area is 114 Å². The lowest BCUT2D eigenvalue weighted by molar-refractivity contribution is -0.138. The first-order chi connectivity index (χ1) is 8.35. The molecule has 1 heterocycles. The second-order valence-electron chi connectivity index (χ2n) is 5.72. The quantitative estimate of drug-likeness (QED) is 0.851. The fraction of sp³-hybridized carbons (Fsp3) is 0.846. The lowest BCUT2D eigenvalue weighted by Gasteiger charge is -2.27. The predicted molar refractivity (Wildman–Crippen MR) is 75.4 cm³/mol. The highest BCUT2D eigenvalue weighted by atomic mass is 32.2. The van der Waals surface area contributed by atoms with Crippen molar-refractivity contribution in [2.24, 2.45) is 0 Å². The van der Waals surface area contributed by atoms with Crippen LogP contribution in [0.4, 0.5) is 0 Å². The van der Waals surface area contributed by atoms with Gasteiger partial charge in [0.1, 0.15) is 6.04 Å². The van der Waals surface area contributed by atoms with Gasteiger partial charge in [-0.15, -0.1) is 11.8 Å². The van der Waals surface area contributed by atoms with Crippen LogP contribution in [0, 0.1) is 0 Å². The number of unbranched alkanes of at least 4 members (excludes halogenated alkanes) is 1. The van der Waals surface area contributed by atoms with E-state index in [0.717, 1.165) is 12.8 Å². The zero-order valence-electron chi connectivity index (χ0n) is 11.8. The third-order valence-electron chi connectivity index (χ3n) is 2.75. The zero-order chi connectivity index (χ0) is 13.8. The fourth-order valence-electron chi connectivity index (χ4n) is 1.83. The summed E-state index contributed by atoms with van der Waals surface area (Å²) in [4.78, 5) is 25.9. The molecule has 0 saturated carbocycles. The van der Waals surface area contributed by atoms with E-state index in [9.17, 15) is 9.59 Å². The maximum absolute atomic E-state index is 12.1. The van der Waals surface area contributed by atoms with Crippen LogP contribution < -0.4 is 5.32 Å². The molecule has 18 heavy (non-hydrogen) atoms. The van der Waals surface area contributed by atoms with Crippen LogP contribution in [0.5, 0.6) is 0 Å². The molecule has 0 aromatic heterocycles. The summed E-state index contributed by atoms with van der Waals surface area (Å²) in [5, 5.41) is 2.96. The molecule has 1 aliphatic heterocycles. The maximum Gasteiger partial charge on any atom is 0.244 e. The molecule has 4 nitrogen and oxygen atoms in total. The summed E-state index contributed by atoms with van der Waals surface area (Å²) in [6.07, 6.45) is 2.45. The van der Waals surface area contributed by atoms with Crippen molar-refractivity contribution < 1.29 is 9.59 Å². The van der Waals surface area contributed by atoms with E-state index in [1.165, 1.54) is 0 Å². The van der Waals surface area contributed by atoms with Crippen LogP contribution in [-0.2, 0) is 9.59 Å². The average molecular weight is 272 g/mol. The number of nitrogens with one attached hydrogen (secondary N) is 1. The van der Waals surface area contributed by atoms with Gasteiger partial charge in [0.25, 0.3) is 0 Å². The molecule has 1 aliphatic rings. The van der Waals surface area contributed by atoms with Gasteiger partial charge in [-0.2, -0.15) is 0 Å². The molecule has 104 valence electrons. The first kappa shape index (κ1) is 15.3. The topological polar surface area (TPSA) is 49.4 Å². The molecule has 1 saturated heterocycles. The molecule has 0 aromatic carbocycles. The normalized spacial score (nSPS) is 20.0. The summed E-state index contributed by atoms with van der Waals surface area (Å²) in [5.74, 6) is 1.43. The maximum atomic E-state index is 12.1. The largest absolute Gasteiger partial charge is 0.350 e. The summed E-state index contributed by atoms with van der Waals surface area (Å²) in [5.41, 5.74) is -0.248. The van der Waals surface area contributed by atoms with Crippen LogP contribution in [0.25, 0.3) is 0 Å². The van der Waals surface area contributed by atoms with Gasteiger partial charge >= 0.3 is 0 Å². The van der Waals surface area contributed by atoms with Crippen molar-refractivity contribution in [3.8, 4) is 0 Å². The first-order valence-electron chi connectivity index (χ1n) is 6.54. The fourth-order valence-corrected chi connectivity index (χ4v) is 3.01. The van der Waals surface area contributed by atoms with Crippen LogP contribution in [0.1, 0.15) is 47.0 Å². The molecule has 1 atom stereocenters. The second-order valence-corrected chi connectivity index (χ2v) is 6.72. The number of nitrogens with zero attached hydrogens (tertiary/aromatic N) is 1. The Morgan fingerprint density at radius 2 is 2.06 bits per heavy atom. The van der Waals surface area contributed by atoms with E-state index in [1.54, 1.807) is 16.7 Å². The minimum Gasteiger partial charge on any atom is -0.350 e. The minimum atomic E-state index is -0.293. The lowest BCUT2D eigenvalue weighted by atomic mass is 10.1. The molecule has 1 fully saturated rings. The van der Waals surface area contributed by atoms with E-state index in [0.29, 0.717) is 18.1 Å². The van der Waals surface area contributed by atoms with E-state index in [-0.39, 0.29) is 23.4 Å². The number of carbonyl (C=O) groups is 2. The molecule has 0 bridgehead atoms. The number of amides is 2. The molecule has 5 heteroatoms.